The Morgan fingerprint density at radius 3 is 2.08 bits per heavy atom. The first-order chi connectivity index (χ1) is 5.52. The van der Waals surface area contributed by atoms with Crippen LogP contribution in [0.1, 0.15) is 10.4 Å². The molecule has 0 heterocycles. The van der Waals surface area contributed by atoms with Gasteiger partial charge in [0.05, 0.1) is 13.6 Å². The summed E-state index contributed by atoms with van der Waals surface area (Å²) >= 11 is 13.5. The van der Waals surface area contributed by atoms with Crippen LogP contribution in [-0.2, 0) is 0 Å². The third kappa shape index (κ3) is 2.02. The van der Waals surface area contributed by atoms with Crippen LogP contribution >= 0.6 is 45.8 Å². The standard InChI is InChI=1S/C7H4Cl2INO/c8-4-1-3(7(11)12)2-5(9)6(4)10/h1-2H,(H2,11,12). The SMILES string of the molecule is NC(=O)c1cc(Cl)c(I)c(Cl)c1. The average molecular weight is 316 g/mol. The Morgan fingerprint density at radius 2 is 1.75 bits per heavy atom. The third-order valence-electron chi connectivity index (χ3n) is 1.27. The first-order valence-corrected chi connectivity index (χ1v) is 4.80. The summed E-state index contributed by atoms with van der Waals surface area (Å²) in [7, 11) is 0. The van der Waals surface area contributed by atoms with Crippen molar-refractivity contribution in [1.82, 2.24) is 0 Å². The van der Waals surface area contributed by atoms with Gasteiger partial charge in [0.1, 0.15) is 0 Å². The van der Waals surface area contributed by atoms with Gasteiger partial charge in [-0.3, -0.25) is 4.79 Å². The second-order valence-electron chi connectivity index (χ2n) is 2.12. The lowest BCUT2D eigenvalue weighted by Crippen LogP contribution is -2.10. The number of amides is 1. The molecule has 12 heavy (non-hydrogen) atoms. The highest BCUT2D eigenvalue weighted by Crippen LogP contribution is 2.27. The summed E-state index contributed by atoms with van der Waals surface area (Å²) in [6, 6.07) is 3.00. The molecule has 0 unspecified atom stereocenters. The van der Waals surface area contributed by atoms with Crippen molar-refractivity contribution in [1.29, 1.82) is 0 Å². The first kappa shape index (κ1) is 10.1. The van der Waals surface area contributed by atoms with Crippen LogP contribution in [0, 0.1) is 3.57 Å². The summed E-state index contributed by atoms with van der Waals surface area (Å²) < 4.78 is 0.723. The van der Waals surface area contributed by atoms with E-state index in [4.69, 9.17) is 28.9 Å². The number of hydrogen-bond acceptors (Lipinski definition) is 1. The molecular formula is C7H4Cl2INO. The summed E-state index contributed by atoms with van der Waals surface area (Å²) in [5.41, 5.74) is 5.37. The van der Waals surface area contributed by atoms with E-state index in [0.29, 0.717) is 15.6 Å². The number of carbonyl (C=O) groups is 1. The topological polar surface area (TPSA) is 43.1 Å². The fourth-order valence-electron chi connectivity index (χ4n) is 0.698. The molecule has 0 aromatic heterocycles. The molecule has 64 valence electrons. The van der Waals surface area contributed by atoms with E-state index in [9.17, 15) is 4.79 Å². The Balaban J connectivity index is 3.31. The number of carbonyl (C=O) groups excluding carboxylic acids is 1. The minimum atomic E-state index is -0.532. The van der Waals surface area contributed by atoms with Crippen LogP contribution in [0.3, 0.4) is 0 Å². The highest BCUT2D eigenvalue weighted by Gasteiger charge is 2.08. The van der Waals surface area contributed by atoms with E-state index < -0.39 is 5.91 Å². The van der Waals surface area contributed by atoms with Gasteiger partial charge in [-0.25, -0.2) is 0 Å². The zero-order valence-corrected chi connectivity index (χ0v) is 9.44. The molecule has 2 N–H and O–H groups in total. The zero-order valence-electron chi connectivity index (χ0n) is 5.77. The molecule has 0 aliphatic rings. The van der Waals surface area contributed by atoms with E-state index >= 15 is 0 Å². The highest BCUT2D eigenvalue weighted by atomic mass is 127. The quantitative estimate of drug-likeness (QED) is 0.628. The predicted molar refractivity (Wildman–Crippen MR) is 57.7 cm³/mol. The van der Waals surface area contributed by atoms with E-state index in [-0.39, 0.29) is 0 Å². The molecule has 1 aromatic carbocycles. The van der Waals surface area contributed by atoms with Crippen LogP contribution < -0.4 is 5.73 Å². The predicted octanol–water partition coefficient (Wildman–Crippen LogP) is 2.70. The van der Waals surface area contributed by atoms with Crippen molar-refractivity contribution in [2.75, 3.05) is 0 Å². The maximum absolute atomic E-state index is 10.7. The van der Waals surface area contributed by atoms with Gasteiger partial charge in [0.2, 0.25) is 5.91 Å². The molecule has 0 aliphatic heterocycles. The normalized spacial score (nSPS) is 9.92. The molecule has 0 aliphatic carbocycles. The molecular weight excluding hydrogens is 312 g/mol. The third-order valence-corrected chi connectivity index (χ3v) is 3.66. The molecule has 2 nitrogen and oxygen atoms in total. The molecule has 0 radical (unpaired) electrons. The van der Waals surface area contributed by atoms with Crippen LogP contribution in [0.2, 0.25) is 10.0 Å². The Morgan fingerprint density at radius 1 is 1.33 bits per heavy atom. The number of hydrogen-bond donors (Lipinski definition) is 1. The van der Waals surface area contributed by atoms with E-state index in [1.165, 1.54) is 12.1 Å². The molecule has 5 heteroatoms. The molecule has 0 saturated heterocycles. The highest BCUT2D eigenvalue weighted by molar-refractivity contribution is 14.1. The lowest BCUT2D eigenvalue weighted by molar-refractivity contribution is 0.100. The number of halogens is 3. The van der Waals surface area contributed by atoms with Crippen molar-refractivity contribution in [3.8, 4) is 0 Å². The van der Waals surface area contributed by atoms with Crippen molar-refractivity contribution in [3.63, 3.8) is 0 Å². The average Bonchev–Trinajstić information content (AvgIpc) is 1.99. The van der Waals surface area contributed by atoms with E-state index in [1.54, 1.807) is 0 Å². The Kier molecular flexibility index (Phi) is 3.20. The minimum Gasteiger partial charge on any atom is -0.366 e. The first-order valence-electron chi connectivity index (χ1n) is 2.96. The molecule has 1 rings (SSSR count). The van der Waals surface area contributed by atoms with Crippen LogP contribution in [0.5, 0.6) is 0 Å². The van der Waals surface area contributed by atoms with E-state index in [1.807, 2.05) is 22.6 Å². The van der Waals surface area contributed by atoms with Gasteiger partial charge in [0.15, 0.2) is 0 Å². The van der Waals surface area contributed by atoms with Crippen LogP contribution in [-0.4, -0.2) is 5.91 Å². The molecule has 0 saturated carbocycles. The van der Waals surface area contributed by atoms with Gasteiger partial charge in [-0.15, -0.1) is 0 Å². The summed E-state index contributed by atoms with van der Waals surface area (Å²) in [6.45, 7) is 0. The number of benzene rings is 1. The Hall–Kier alpha value is -0.000000000000000167. The van der Waals surface area contributed by atoms with Crippen molar-refractivity contribution >= 4 is 51.7 Å². The van der Waals surface area contributed by atoms with Gasteiger partial charge in [-0.2, -0.15) is 0 Å². The molecule has 1 amide bonds. The van der Waals surface area contributed by atoms with Gasteiger partial charge >= 0.3 is 0 Å². The monoisotopic (exact) mass is 315 g/mol. The second kappa shape index (κ2) is 3.81. The maximum Gasteiger partial charge on any atom is 0.248 e. The molecule has 0 bridgehead atoms. The van der Waals surface area contributed by atoms with Crippen molar-refractivity contribution in [2.24, 2.45) is 5.73 Å². The van der Waals surface area contributed by atoms with Crippen LogP contribution in [0.4, 0.5) is 0 Å². The second-order valence-corrected chi connectivity index (χ2v) is 4.01. The van der Waals surface area contributed by atoms with E-state index in [2.05, 4.69) is 0 Å². The van der Waals surface area contributed by atoms with Crippen molar-refractivity contribution < 1.29 is 4.79 Å². The van der Waals surface area contributed by atoms with E-state index in [0.717, 1.165) is 3.57 Å². The largest absolute Gasteiger partial charge is 0.366 e. The smallest absolute Gasteiger partial charge is 0.248 e. The molecule has 0 spiro atoms. The van der Waals surface area contributed by atoms with Crippen LogP contribution in [0.15, 0.2) is 12.1 Å². The lowest BCUT2D eigenvalue weighted by atomic mass is 10.2. The number of primary amides is 1. The summed E-state index contributed by atoms with van der Waals surface area (Å²) in [5, 5.41) is 0.883. The van der Waals surface area contributed by atoms with Crippen molar-refractivity contribution in [3.05, 3.63) is 31.3 Å². The summed E-state index contributed by atoms with van der Waals surface area (Å²) in [5.74, 6) is -0.532. The molecule has 1 aromatic rings. The maximum atomic E-state index is 10.7. The van der Waals surface area contributed by atoms with Gasteiger partial charge < -0.3 is 5.73 Å². The fourth-order valence-corrected chi connectivity index (χ4v) is 1.50. The zero-order chi connectivity index (χ0) is 9.30. The van der Waals surface area contributed by atoms with Gasteiger partial charge in [0.25, 0.3) is 0 Å². The fraction of sp³-hybridized carbons (Fsp3) is 0. The van der Waals surface area contributed by atoms with Gasteiger partial charge in [-0.1, -0.05) is 23.2 Å². The summed E-state index contributed by atoms with van der Waals surface area (Å²) in [6.07, 6.45) is 0. The lowest BCUT2D eigenvalue weighted by Gasteiger charge is -2.01. The Labute approximate surface area is 93.2 Å². The Bertz CT molecular complexity index is 317. The molecule has 0 atom stereocenters. The van der Waals surface area contributed by atoms with Gasteiger partial charge in [-0.05, 0) is 34.7 Å². The summed E-state index contributed by atoms with van der Waals surface area (Å²) in [4.78, 5) is 10.7. The van der Waals surface area contributed by atoms with Gasteiger partial charge in [0, 0.05) is 5.56 Å². The minimum absolute atomic E-state index is 0.324. The van der Waals surface area contributed by atoms with Crippen molar-refractivity contribution in [2.45, 2.75) is 0 Å². The van der Waals surface area contributed by atoms with Crippen LogP contribution in [0.25, 0.3) is 0 Å². The number of nitrogens with two attached hydrogens (primary N) is 1. The molecule has 0 fully saturated rings. The number of rotatable bonds is 1.